The van der Waals surface area contributed by atoms with E-state index in [-0.39, 0.29) is 28.6 Å². The molecule has 2 aromatic carbocycles. The molecule has 0 aromatic heterocycles. The van der Waals surface area contributed by atoms with E-state index in [2.05, 4.69) is 5.32 Å². The average Bonchev–Trinajstić information content (AvgIpc) is 2.50. The van der Waals surface area contributed by atoms with Crippen molar-refractivity contribution in [2.24, 2.45) is 10.3 Å². The number of nitrogens with one attached hydrogen (secondary N) is 1. The molecule has 10 heteroatoms. The van der Waals surface area contributed by atoms with Gasteiger partial charge in [-0.3, -0.25) is 0 Å². The van der Waals surface area contributed by atoms with Crippen molar-refractivity contribution < 1.29 is 21.6 Å². The highest BCUT2D eigenvalue weighted by atomic mass is 32.2. The zero-order chi connectivity index (χ0) is 17.8. The molecule has 0 saturated heterocycles. The molecule has 5 N–H and O–H groups in total. The molecule has 2 aromatic rings. The molecule has 0 bridgehead atoms. The minimum atomic E-state index is -4.13. The van der Waals surface area contributed by atoms with E-state index in [0.29, 0.717) is 5.75 Å². The first-order valence-corrected chi connectivity index (χ1v) is 9.88. The third-order valence-electron chi connectivity index (χ3n) is 3.02. The first kappa shape index (κ1) is 18.2. The fraction of sp³-hybridized carbons (Fsp3) is 0.143. The van der Waals surface area contributed by atoms with Gasteiger partial charge < -0.3 is 10.1 Å². The van der Waals surface area contributed by atoms with Crippen LogP contribution in [0.25, 0.3) is 0 Å². The van der Waals surface area contributed by atoms with Gasteiger partial charge in [-0.1, -0.05) is 18.2 Å². The van der Waals surface area contributed by atoms with E-state index in [0.717, 1.165) is 6.07 Å². The number of para-hydroxylation sites is 1. The summed E-state index contributed by atoms with van der Waals surface area (Å²) in [5.74, 6) is 0.676. The number of primary sulfonamides is 2. The summed E-state index contributed by atoms with van der Waals surface area (Å²) in [7, 11) is -8.16. The van der Waals surface area contributed by atoms with E-state index < -0.39 is 20.0 Å². The summed E-state index contributed by atoms with van der Waals surface area (Å²) in [6.45, 7) is 0.553. The van der Waals surface area contributed by atoms with Crippen molar-refractivity contribution in [1.82, 2.24) is 0 Å². The second-order valence-corrected chi connectivity index (χ2v) is 7.93. The van der Waals surface area contributed by atoms with Crippen LogP contribution in [0.4, 0.5) is 5.69 Å². The van der Waals surface area contributed by atoms with Gasteiger partial charge in [-0.2, -0.15) is 0 Å². The van der Waals surface area contributed by atoms with Crippen LogP contribution in [0.1, 0.15) is 0 Å². The van der Waals surface area contributed by atoms with Crippen molar-refractivity contribution in [3.63, 3.8) is 0 Å². The van der Waals surface area contributed by atoms with Crippen molar-refractivity contribution in [2.75, 3.05) is 18.5 Å². The number of nitrogens with two attached hydrogens (primary N) is 2. The van der Waals surface area contributed by atoms with Crippen LogP contribution in [0.15, 0.2) is 58.3 Å². The van der Waals surface area contributed by atoms with Crippen LogP contribution in [-0.2, 0) is 20.0 Å². The minimum absolute atomic E-state index is 0.168. The Morgan fingerprint density at radius 2 is 1.58 bits per heavy atom. The number of hydrogen-bond donors (Lipinski definition) is 3. The number of benzene rings is 2. The van der Waals surface area contributed by atoms with E-state index >= 15 is 0 Å². The SMILES string of the molecule is NS(=O)(=O)c1ccc(NCCOc2ccccc2)c(S(N)(=O)=O)c1. The fourth-order valence-electron chi connectivity index (χ4n) is 1.93. The van der Waals surface area contributed by atoms with Crippen molar-refractivity contribution in [1.29, 1.82) is 0 Å². The molecule has 0 fully saturated rings. The smallest absolute Gasteiger partial charge is 0.240 e. The summed E-state index contributed by atoms with van der Waals surface area (Å²) >= 11 is 0. The second-order valence-electron chi connectivity index (χ2n) is 4.84. The minimum Gasteiger partial charge on any atom is -0.492 e. The molecule has 130 valence electrons. The van der Waals surface area contributed by atoms with Gasteiger partial charge in [0.25, 0.3) is 0 Å². The van der Waals surface area contributed by atoms with Gasteiger partial charge in [0.15, 0.2) is 0 Å². The first-order valence-electron chi connectivity index (χ1n) is 6.79. The maximum Gasteiger partial charge on any atom is 0.240 e. The zero-order valence-electron chi connectivity index (χ0n) is 12.5. The molecular formula is C14H17N3O5S2. The lowest BCUT2D eigenvalue weighted by Crippen LogP contribution is -2.19. The molecule has 0 atom stereocenters. The molecule has 0 saturated carbocycles. The average molecular weight is 371 g/mol. The molecule has 0 aliphatic carbocycles. The largest absolute Gasteiger partial charge is 0.492 e. The van der Waals surface area contributed by atoms with E-state index in [9.17, 15) is 16.8 Å². The van der Waals surface area contributed by atoms with Gasteiger partial charge in [0.05, 0.1) is 10.6 Å². The molecule has 0 radical (unpaired) electrons. The molecule has 0 aliphatic heterocycles. The Labute approximate surface area is 140 Å². The lowest BCUT2D eigenvalue weighted by molar-refractivity contribution is 0.333. The lowest BCUT2D eigenvalue weighted by atomic mass is 10.3. The summed E-state index contributed by atoms with van der Waals surface area (Å²) < 4.78 is 51.5. The standard InChI is InChI=1S/C14H17N3O5S2/c15-23(18,19)12-6-7-13(14(10-12)24(16,20)21)17-8-9-22-11-4-2-1-3-5-11/h1-7,10,17H,8-9H2,(H2,15,18,19)(H2,16,20,21). The van der Waals surface area contributed by atoms with E-state index in [1.165, 1.54) is 12.1 Å². The summed E-state index contributed by atoms with van der Waals surface area (Å²) in [5.41, 5.74) is 0.168. The normalized spacial score (nSPS) is 11.9. The molecule has 0 heterocycles. The summed E-state index contributed by atoms with van der Waals surface area (Å²) in [6.07, 6.45) is 0. The Balaban J connectivity index is 2.12. The van der Waals surface area contributed by atoms with Crippen LogP contribution in [0.5, 0.6) is 5.75 Å². The third-order valence-corrected chi connectivity index (χ3v) is 4.88. The van der Waals surface area contributed by atoms with Gasteiger partial charge in [0.2, 0.25) is 20.0 Å². The van der Waals surface area contributed by atoms with Gasteiger partial charge in [-0.25, -0.2) is 27.1 Å². The number of sulfonamides is 2. The predicted octanol–water partition coefficient (Wildman–Crippen LogP) is 0.472. The number of ether oxygens (including phenoxy) is 1. The third kappa shape index (κ3) is 4.93. The van der Waals surface area contributed by atoms with Crippen molar-refractivity contribution in [3.8, 4) is 5.75 Å². The van der Waals surface area contributed by atoms with E-state index in [1.807, 2.05) is 18.2 Å². The molecule has 0 aliphatic rings. The number of rotatable bonds is 7. The van der Waals surface area contributed by atoms with E-state index in [1.54, 1.807) is 12.1 Å². The quantitative estimate of drug-likeness (QED) is 0.604. The van der Waals surface area contributed by atoms with Crippen LogP contribution in [-0.4, -0.2) is 30.0 Å². The van der Waals surface area contributed by atoms with E-state index in [4.69, 9.17) is 15.0 Å². The maximum absolute atomic E-state index is 11.7. The highest BCUT2D eigenvalue weighted by Gasteiger charge is 2.18. The summed E-state index contributed by atoms with van der Waals surface area (Å²) in [5, 5.41) is 13.0. The molecule has 2 rings (SSSR count). The Morgan fingerprint density at radius 3 is 2.17 bits per heavy atom. The van der Waals surface area contributed by atoms with Crippen LogP contribution in [0, 0.1) is 0 Å². The molecule has 24 heavy (non-hydrogen) atoms. The van der Waals surface area contributed by atoms with Crippen LogP contribution < -0.4 is 20.3 Å². The van der Waals surface area contributed by atoms with Crippen molar-refractivity contribution in [3.05, 3.63) is 48.5 Å². The van der Waals surface area contributed by atoms with Crippen LogP contribution in [0.3, 0.4) is 0 Å². The number of hydrogen-bond acceptors (Lipinski definition) is 6. The van der Waals surface area contributed by atoms with Crippen molar-refractivity contribution >= 4 is 25.7 Å². The molecule has 8 nitrogen and oxygen atoms in total. The number of anilines is 1. The zero-order valence-corrected chi connectivity index (χ0v) is 14.2. The Kier molecular flexibility index (Phi) is 5.44. The topological polar surface area (TPSA) is 142 Å². The first-order chi connectivity index (χ1) is 11.2. The maximum atomic E-state index is 11.7. The molecular weight excluding hydrogens is 354 g/mol. The van der Waals surface area contributed by atoms with Gasteiger partial charge in [-0.05, 0) is 30.3 Å². The summed E-state index contributed by atoms with van der Waals surface area (Å²) in [6, 6.07) is 12.5. The van der Waals surface area contributed by atoms with Crippen LogP contribution in [0.2, 0.25) is 0 Å². The second kappa shape index (κ2) is 7.18. The highest BCUT2D eigenvalue weighted by molar-refractivity contribution is 7.90. The fourth-order valence-corrected chi connectivity index (χ4v) is 3.28. The van der Waals surface area contributed by atoms with Gasteiger partial charge in [0.1, 0.15) is 17.3 Å². The van der Waals surface area contributed by atoms with Gasteiger partial charge >= 0.3 is 0 Å². The van der Waals surface area contributed by atoms with Gasteiger partial charge in [-0.15, -0.1) is 0 Å². The highest BCUT2D eigenvalue weighted by Crippen LogP contribution is 2.23. The van der Waals surface area contributed by atoms with Gasteiger partial charge in [0, 0.05) is 6.54 Å². The molecule has 0 amide bonds. The Hall–Kier alpha value is -2.14. The predicted molar refractivity (Wildman–Crippen MR) is 89.6 cm³/mol. The summed E-state index contributed by atoms with van der Waals surface area (Å²) in [4.78, 5) is -0.689. The van der Waals surface area contributed by atoms with Crippen molar-refractivity contribution in [2.45, 2.75) is 9.79 Å². The Bertz CT molecular complexity index is 913. The Morgan fingerprint density at radius 1 is 0.917 bits per heavy atom. The van der Waals surface area contributed by atoms with Crippen LogP contribution >= 0.6 is 0 Å². The molecule has 0 spiro atoms. The lowest BCUT2D eigenvalue weighted by Gasteiger charge is -2.12. The monoisotopic (exact) mass is 371 g/mol. The molecule has 0 unspecified atom stereocenters.